The number of nitrogens with one attached hydrogen (secondary N) is 2. The molecule has 3 aromatic rings. The molecule has 0 aliphatic carbocycles. The number of aryl methyl sites for hydroxylation is 1. The number of halogens is 1. The van der Waals surface area contributed by atoms with Crippen molar-refractivity contribution < 1.29 is 9.18 Å². The lowest BCUT2D eigenvalue weighted by atomic mass is 10.1. The van der Waals surface area contributed by atoms with Gasteiger partial charge >= 0.3 is 0 Å². The Hall–Kier alpha value is -2.62. The van der Waals surface area contributed by atoms with Crippen LogP contribution < -0.4 is 5.32 Å². The molecule has 2 aromatic carbocycles. The Balaban J connectivity index is 1.63. The lowest BCUT2D eigenvalue weighted by molar-refractivity contribution is 0.0954. The van der Waals surface area contributed by atoms with Crippen LogP contribution in [0.3, 0.4) is 0 Å². The lowest BCUT2D eigenvalue weighted by Crippen LogP contribution is -2.25. The number of rotatable bonds is 4. The van der Waals surface area contributed by atoms with E-state index in [1.54, 1.807) is 0 Å². The summed E-state index contributed by atoms with van der Waals surface area (Å²) in [6.45, 7) is 2.60. The molecular formula is C18H17FN2O. The van der Waals surface area contributed by atoms with Gasteiger partial charge in [-0.1, -0.05) is 11.6 Å². The third-order valence-corrected chi connectivity index (χ3v) is 3.71. The van der Waals surface area contributed by atoms with Crippen molar-refractivity contribution in [1.82, 2.24) is 10.3 Å². The summed E-state index contributed by atoms with van der Waals surface area (Å²) in [5, 5.41) is 4.05. The van der Waals surface area contributed by atoms with Gasteiger partial charge in [0.2, 0.25) is 0 Å². The molecule has 3 nitrogen and oxygen atoms in total. The zero-order valence-corrected chi connectivity index (χ0v) is 12.3. The average molecular weight is 296 g/mol. The summed E-state index contributed by atoms with van der Waals surface area (Å²) in [6, 6.07) is 11.8. The predicted molar refractivity (Wildman–Crippen MR) is 85.5 cm³/mol. The second-order valence-corrected chi connectivity index (χ2v) is 5.38. The van der Waals surface area contributed by atoms with Gasteiger partial charge < -0.3 is 10.3 Å². The molecule has 1 heterocycles. The van der Waals surface area contributed by atoms with E-state index < -0.39 is 0 Å². The smallest absolute Gasteiger partial charge is 0.251 e. The number of carbonyl (C=O) groups is 1. The van der Waals surface area contributed by atoms with Gasteiger partial charge in [-0.05, 0) is 55.3 Å². The van der Waals surface area contributed by atoms with Crippen LogP contribution in [0.25, 0.3) is 10.9 Å². The van der Waals surface area contributed by atoms with Crippen molar-refractivity contribution in [3.8, 4) is 0 Å². The summed E-state index contributed by atoms with van der Waals surface area (Å²) in [7, 11) is 0. The Morgan fingerprint density at radius 1 is 1.18 bits per heavy atom. The van der Waals surface area contributed by atoms with Crippen LogP contribution in [0.15, 0.2) is 48.7 Å². The predicted octanol–water partition coefficient (Wildman–Crippen LogP) is 3.59. The molecule has 3 rings (SSSR count). The van der Waals surface area contributed by atoms with Gasteiger partial charge in [-0.3, -0.25) is 4.79 Å². The highest BCUT2D eigenvalue weighted by atomic mass is 19.1. The van der Waals surface area contributed by atoms with E-state index in [0.717, 1.165) is 11.9 Å². The van der Waals surface area contributed by atoms with Crippen molar-refractivity contribution in [3.63, 3.8) is 0 Å². The minimum Gasteiger partial charge on any atom is -0.361 e. The van der Waals surface area contributed by atoms with E-state index in [0.29, 0.717) is 12.1 Å². The number of hydrogen-bond donors (Lipinski definition) is 2. The van der Waals surface area contributed by atoms with Gasteiger partial charge in [0.1, 0.15) is 5.82 Å². The minimum atomic E-state index is -0.342. The SMILES string of the molecule is Cc1ccc2[nH]cc(CCNC(=O)c3ccc(F)cc3)c2c1. The summed E-state index contributed by atoms with van der Waals surface area (Å²) in [4.78, 5) is 15.2. The van der Waals surface area contributed by atoms with E-state index in [9.17, 15) is 9.18 Å². The van der Waals surface area contributed by atoms with Crippen LogP contribution in [0, 0.1) is 12.7 Å². The zero-order chi connectivity index (χ0) is 15.5. The molecule has 2 N–H and O–H groups in total. The molecule has 0 saturated carbocycles. The monoisotopic (exact) mass is 296 g/mol. The fraction of sp³-hybridized carbons (Fsp3) is 0.167. The third kappa shape index (κ3) is 3.01. The number of H-pyrrole nitrogens is 1. The van der Waals surface area contributed by atoms with Gasteiger partial charge in [-0.25, -0.2) is 4.39 Å². The normalized spacial score (nSPS) is 10.8. The van der Waals surface area contributed by atoms with Crippen LogP contribution in [0.2, 0.25) is 0 Å². The molecule has 4 heteroatoms. The standard InChI is InChI=1S/C18H17FN2O/c1-12-2-7-17-16(10-12)14(11-21-17)8-9-20-18(22)13-3-5-15(19)6-4-13/h2-7,10-11,21H,8-9H2,1H3,(H,20,22). The number of hydrogen-bond acceptors (Lipinski definition) is 1. The highest BCUT2D eigenvalue weighted by Crippen LogP contribution is 2.19. The summed E-state index contributed by atoms with van der Waals surface area (Å²) >= 11 is 0. The summed E-state index contributed by atoms with van der Waals surface area (Å²) in [5.74, 6) is -0.526. The van der Waals surface area contributed by atoms with Gasteiger partial charge in [-0.2, -0.15) is 0 Å². The van der Waals surface area contributed by atoms with Gasteiger partial charge in [0.25, 0.3) is 5.91 Å². The summed E-state index contributed by atoms with van der Waals surface area (Å²) in [5.41, 5.74) is 3.96. The Morgan fingerprint density at radius 2 is 1.95 bits per heavy atom. The second-order valence-electron chi connectivity index (χ2n) is 5.38. The number of benzene rings is 2. The Bertz CT molecular complexity index is 806. The first-order valence-corrected chi connectivity index (χ1v) is 7.24. The largest absolute Gasteiger partial charge is 0.361 e. The third-order valence-electron chi connectivity index (χ3n) is 3.71. The van der Waals surface area contributed by atoms with E-state index in [1.165, 1.54) is 40.8 Å². The molecule has 0 spiro atoms. The van der Waals surface area contributed by atoms with Gasteiger partial charge in [0, 0.05) is 29.2 Å². The van der Waals surface area contributed by atoms with E-state index in [2.05, 4.69) is 35.4 Å². The Morgan fingerprint density at radius 3 is 2.73 bits per heavy atom. The van der Waals surface area contributed by atoms with Crippen LogP contribution >= 0.6 is 0 Å². The van der Waals surface area contributed by atoms with Crippen molar-refractivity contribution in [2.75, 3.05) is 6.54 Å². The van der Waals surface area contributed by atoms with Crippen molar-refractivity contribution >= 4 is 16.8 Å². The second kappa shape index (κ2) is 6.02. The number of aromatic nitrogens is 1. The molecule has 0 atom stereocenters. The molecule has 0 aliphatic rings. The molecule has 112 valence electrons. The quantitative estimate of drug-likeness (QED) is 0.759. The van der Waals surface area contributed by atoms with E-state index in [4.69, 9.17) is 0 Å². The van der Waals surface area contributed by atoms with Crippen molar-refractivity contribution in [2.45, 2.75) is 13.3 Å². The average Bonchev–Trinajstić information content (AvgIpc) is 2.90. The highest BCUT2D eigenvalue weighted by molar-refractivity contribution is 5.94. The molecule has 0 aliphatic heterocycles. The first-order chi connectivity index (χ1) is 10.6. The van der Waals surface area contributed by atoms with Crippen LogP contribution in [0.1, 0.15) is 21.5 Å². The highest BCUT2D eigenvalue weighted by Gasteiger charge is 2.07. The molecule has 0 saturated heterocycles. The maximum Gasteiger partial charge on any atom is 0.251 e. The van der Waals surface area contributed by atoms with Crippen LogP contribution in [0.4, 0.5) is 4.39 Å². The number of fused-ring (bicyclic) bond motifs is 1. The molecule has 1 amide bonds. The molecule has 0 radical (unpaired) electrons. The minimum absolute atomic E-state index is 0.184. The van der Waals surface area contributed by atoms with E-state index >= 15 is 0 Å². The number of carbonyl (C=O) groups excluding carboxylic acids is 1. The fourth-order valence-corrected chi connectivity index (χ4v) is 2.51. The van der Waals surface area contributed by atoms with Crippen molar-refractivity contribution in [3.05, 3.63) is 71.2 Å². The summed E-state index contributed by atoms with van der Waals surface area (Å²) < 4.78 is 12.8. The molecule has 0 unspecified atom stereocenters. The van der Waals surface area contributed by atoms with E-state index in [1.807, 2.05) is 6.20 Å². The maximum absolute atomic E-state index is 12.8. The fourth-order valence-electron chi connectivity index (χ4n) is 2.51. The van der Waals surface area contributed by atoms with Crippen LogP contribution in [-0.4, -0.2) is 17.4 Å². The van der Waals surface area contributed by atoms with Crippen molar-refractivity contribution in [1.29, 1.82) is 0 Å². The van der Waals surface area contributed by atoms with Crippen LogP contribution in [0.5, 0.6) is 0 Å². The van der Waals surface area contributed by atoms with E-state index in [-0.39, 0.29) is 11.7 Å². The first-order valence-electron chi connectivity index (χ1n) is 7.24. The van der Waals surface area contributed by atoms with Crippen LogP contribution in [-0.2, 0) is 6.42 Å². The summed E-state index contributed by atoms with van der Waals surface area (Å²) in [6.07, 6.45) is 2.73. The van der Waals surface area contributed by atoms with Gasteiger partial charge in [0.05, 0.1) is 0 Å². The molecule has 1 aromatic heterocycles. The van der Waals surface area contributed by atoms with Gasteiger partial charge in [-0.15, -0.1) is 0 Å². The number of aromatic amines is 1. The number of amides is 1. The molecule has 0 bridgehead atoms. The van der Waals surface area contributed by atoms with Gasteiger partial charge in [0.15, 0.2) is 0 Å². The Kier molecular flexibility index (Phi) is 3.92. The molecule has 0 fully saturated rings. The lowest BCUT2D eigenvalue weighted by Gasteiger charge is -2.05. The molecular weight excluding hydrogens is 279 g/mol. The molecule has 22 heavy (non-hydrogen) atoms. The van der Waals surface area contributed by atoms with Crippen molar-refractivity contribution in [2.24, 2.45) is 0 Å². The first kappa shape index (κ1) is 14.3. The topological polar surface area (TPSA) is 44.9 Å². The Labute approximate surface area is 128 Å². The zero-order valence-electron chi connectivity index (χ0n) is 12.3. The maximum atomic E-state index is 12.8.